The Morgan fingerprint density at radius 3 is 2.28 bits per heavy atom. The van der Waals surface area contributed by atoms with Crippen LogP contribution in [0.15, 0.2) is 35.2 Å². The van der Waals surface area contributed by atoms with Crippen LogP contribution in [0.3, 0.4) is 0 Å². The largest absolute Gasteiger partial charge is 0.494 e. The molecule has 2 aromatic rings. The van der Waals surface area contributed by atoms with Crippen LogP contribution in [0.4, 0.5) is 0 Å². The van der Waals surface area contributed by atoms with E-state index in [4.69, 9.17) is 18.9 Å². The van der Waals surface area contributed by atoms with Crippen molar-refractivity contribution in [3.8, 4) is 23.0 Å². The standard InChI is InChI=1S/C26H36N2O7S/c1-7-35-22-11-10-21(13-18(22)2)36(30,31)28-12-8-9-20(17-28)26(29)27(3)16-19-14-23(32-4)25(34-6)24(15-19)33-5/h10-11,13-15,20H,7-9,12,16-17H2,1-6H3/t20-/m0/s1. The van der Waals surface area contributed by atoms with Crippen LogP contribution in [0.1, 0.15) is 30.9 Å². The Balaban J connectivity index is 1.74. The minimum Gasteiger partial charge on any atom is -0.494 e. The molecule has 0 aromatic heterocycles. The van der Waals surface area contributed by atoms with E-state index in [-0.39, 0.29) is 17.3 Å². The van der Waals surface area contributed by atoms with Gasteiger partial charge in [0.05, 0.1) is 38.7 Å². The Morgan fingerprint density at radius 1 is 1.06 bits per heavy atom. The van der Waals surface area contributed by atoms with Gasteiger partial charge >= 0.3 is 0 Å². The summed E-state index contributed by atoms with van der Waals surface area (Å²) in [5.74, 6) is 1.63. The van der Waals surface area contributed by atoms with E-state index >= 15 is 0 Å². The molecule has 2 aromatic carbocycles. The summed E-state index contributed by atoms with van der Waals surface area (Å²) in [5.41, 5.74) is 1.57. The number of sulfonamides is 1. The fraction of sp³-hybridized carbons (Fsp3) is 0.500. The van der Waals surface area contributed by atoms with E-state index in [0.717, 1.165) is 11.1 Å². The van der Waals surface area contributed by atoms with Gasteiger partial charge in [0, 0.05) is 26.7 Å². The van der Waals surface area contributed by atoms with Crippen LogP contribution in [-0.4, -0.2) is 71.6 Å². The summed E-state index contributed by atoms with van der Waals surface area (Å²) in [4.78, 5) is 15.1. The number of benzene rings is 2. The lowest BCUT2D eigenvalue weighted by Crippen LogP contribution is -2.45. The van der Waals surface area contributed by atoms with Gasteiger partial charge in [-0.15, -0.1) is 0 Å². The van der Waals surface area contributed by atoms with Crippen LogP contribution in [-0.2, 0) is 21.4 Å². The number of piperidine rings is 1. The topological polar surface area (TPSA) is 94.6 Å². The molecule has 0 radical (unpaired) electrons. The van der Waals surface area contributed by atoms with Crippen LogP contribution in [0, 0.1) is 12.8 Å². The number of amides is 1. The molecule has 1 saturated heterocycles. The van der Waals surface area contributed by atoms with E-state index in [2.05, 4.69) is 0 Å². The van der Waals surface area contributed by atoms with Crippen molar-refractivity contribution in [1.29, 1.82) is 0 Å². The molecule has 0 bridgehead atoms. The summed E-state index contributed by atoms with van der Waals surface area (Å²) in [6.45, 7) is 5.06. The Labute approximate surface area is 213 Å². The predicted molar refractivity (Wildman–Crippen MR) is 136 cm³/mol. The summed E-state index contributed by atoms with van der Waals surface area (Å²) < 4.78 is 49.9. The molecule has 3 rings (SSSR count). The highest BCUT2D eigenvalue weighted by Crippen LogP contribution is 2.38. The van der Waals surface area contributed by atoms with E-state index in [9.17, 15) is 13.2 Å². The molecular formula is C26H36N2O7S. The third-order valence-electron chi connectivity index (χ3n) is 6.34. The minimum atomic E-state index is -3.73. The Morgan fingerprint density at radius 2 is 1.72 bits per heavy atom. The van der Waals surface area contributed by atoms with Gasteiger partial charge in [-0.25, -0.2) is 8.42 Å². The first kappa shape index (κ1) is 27.6. The third kappa shape index (κ3) is 5.87. The highest BCUT2D eigenvalue weighted by Gasteiger charge is 2.34. The number of hydrogen-bond donors (Lipinski definition) is 0. The normalized spacial score (nSPS) is 16.3. The number of methoxy groups -OCH3 is 3. The van der Waals surface area contributed by atoms with E-state index in [0.29, 0.717) is 55.5 Å². The number of nitrogens with zero attached hydrogens (tertiary/aromatic N) is 2. The Kier molecular flexibility index (Phi) is 9.08. The molecule has 1 atom stereocenters. The zero-order chi connectivity index (χ0) is 26.5. The van der Waals surface area contributed by atoms with Crippen molar-refractivity contribution >= 4 is 15.9 Å². The zero-order valence-electron chi connectivity index (χ0n) is 21.9. The van der Waals surface area contributed by atoms with E-state index < -0.39 is 15.9 Å². The molecule has 36 heavy (non-hydrogen) atoms. The average Bonchev–Trinajstić information content (AvgIpc) is 2.88. The lowest BCUT2D eigenvalue weighted by molar-refractivity contribution is -0.135. The smallest absolute Gasteiger partial charge is 0.243 e. The number of ether oxygens (including phenoxy) is 4. The first-order chi connectivity index (χ1) is 17.2. The molecule has 0 N–H and O–H groups in total. The fourth-order valence-electron chi connectivity index (χ4n) is 4.50. The summed E-state index contributed by atoms with van der Waals surface area (Å²) in [7, 11) is 2.60. The molecule has 0 saturated carbocycles. The maximum Gasteiger partial charge on any atom is 0.243 e. The highest BCUT2D eigenvalue weighted by molar-refractivity contribution is 7.89. The van der Waals surface area contributed by atoms with Crippen molar-refractivity contribution in [2.24, 2.45) is 5.92 Å². The molecule has 10 heteroatoms. The average molecular weight is 521 g/mol. The van der Waals surface area contributed by atoms with Gasteiger partial charge in [0.1, 0.15) is 5.75 Å². The number of carbonyl (C=O) groups excluding carboxylic acids is 1. The molecular weight excluding hydrogens is 484 g/mol. The van der Waals surface area contributed by atoms with Gasteiger partial charge in [-0.05, 0) is 68.1 Å². The van der Waals surface area contributed by atoms with Gasteiger partial charge in [0.25, 0.3) is 0 Å². The lowest BCUT2D eigenvalue weighted by atomic mass is 9.98. The van der Waals surface area contributed by atoms with Crippen molar-refractivity contribution < 1.29 is 32.2 Å². The molecule has 0 spiro atoms. The second kappa shape index (κ2) is 11.8. The van der Waals surface area contributed by atoms with Gasteiger partial charge in [-0.3, -0.25) is 4.79 Å². The van der Waals surface area contributed by atoms with Crippen molar-refractivity contribution in [3.05, 3.63) is 41.5 Å². The summed E-state index contributed by atoms with van der Waals surface area (Å²) in [6, 6.07) is 8.48. The zero-order valence-corrected chi connectivity index (χ0v) is 22.7. The first-order valence-electron chi connectivity index (χ1n) is 11.9. The van der Waals surface area contributed by atoms with Gasteiger partial charge in [0.15, 0.2) is 11.5 Å². The quantitative estimate of drug-likeness (QED) is 0.473. The van der Waals surface area contributed by atoms with Gasteiger partial charge in [-0.1, -0.05) is 0 Å². The van der Waals surface area contributed by atoms with Crippen molar-refractivity contribution in [3.63, 3.8) is 0 Å². The SMILES string of the molecule is CCOc1ccc(S(=O)(=O)N2CCC[C@H](C(=O)N(C)Cc3cc(OC)c(OC)c(OC)c3)C2)cc1C. The van der Waals surface area contributed by atoms with Crippen LogP contribution < -0.4 is 18.9 Å². The van der Waals surface area contributed by atoms with Crippen LogP contribution in [0.25, 0.3) is 0 Å². The minimum absolute atomic E-state index is 0.105. The van der Waals surface area contributed by atoms with Gasteiger partial charge in [-0.2, -0.15) is 4.31 Å². The maximum atomic E-state index is 13.4. The van der Waals surface area contributed by atoms with Crippen molar-refractivity contribution in [2.75, 3.05) is 48.1 Å². The Hall–Kier alpha value is -2.98. The molecule has 1 heterocycles. The number of aryl methyl sites for hydroxylation is 1. The number of hydrogen-bond acceptors (Lipinski definition) is 7. The summed E-state index contributed by atoms with van der Waals surface area (Å²) in [6.07, 6.45) is 1.25. The maximum absolute atomic E-state index is 13.4. The fourth-order valence-corrected chi connectivity index (χ4v) is 6.11. The molecule has 1 aliphatic rings. The summed E-state index contributed by atoms with van der Waals surface area (Å²) >= 11 is 0. The molecule has 1 fully saturated rings. The monoisotopic (exact) mass is 520 g/mol. The molecule has 9 nitrogen and oxygen atoms in total. The molecule has 1 aliphatic heterocycles. The van der Waals surface area contributed by atoms with Crippen molar-refractivity contribution in [2.45, 2.75) is 38.1 Å². The van der Waals surface area contributed by atoms with Crippen LogP contribution in [0.2, 0.25) is 0 Å². The van der Waals surface area contributed by atoms with Crippen molar-refractivity contribution in [1.82, 2.24) is 9.21 Å². The first-order valence-corrected chi connectivity index (χ1v) is 13.4. The molecule has 1 amide bonds. The highest BCUT2D eigenvalue weighted by atomic mass is 32.2. The van der Waals surface area contributed by atoms with E-state index in [1.54, 1.807) is 56.5 Å². The van der Waals surface area contributed by atoms with Crippen LogP contribution >= 0.6 is 0 Å². The summed E-state index contributed by atoms with van der Waals surface area (Å²) in [5, 5.41) is 0. The van der Waals surface area contributed by atoms with Gasteiger partial charge < -0.3 is 23.8 Å². The van der Waals surface area contributed by atoms with Gasteiger partial charge in [0.2, 0.25) is 21.7 Å². The Bertz CT molecular complexity index is 1160. The second-order valence-corrected chi connectivity index (χ2v) is 10.7. The predicted octanol–water partition coefficient (Wildman–Crippen LogP) is 3.48. The second-order valence-electron chi connectivity index (χ2n) is 8.79. The molecule has 0 unspecified atom stereocenters. The number of carbonyl (C=O) groups is 1. The molecule has 198 valence electrons. The molecule has 0 aliphatic carbocycles. The number of rotatable bonds is 10. The third-order valence-corrected chi connectivity index (χ3v) is 8.20. The van der Waals surface area contributed by atoms with E-state index in [1.165, 1.54) is 11.4 Å². The lowest BCUT2D eigenvalue weighted by Gasteiger charge is -2.33. The van der Waals surface area contributed by atoms with E-state index in [1.807, 2.05) is 13.8 Å². The van der Waals surface area contributed by atoms with Crippen LogP contribution in [0.5, 0.6) is 23.0 Å².